The third-order valence-electron chi connectivity index (χ3n) is 6.36. The van der Waals surface area contributed by atoms with Crippen LogP contribution < -0.4 is 5.32 Å². The van der Waals surface area contributed by atoms with Crippen LogP contribution in [0.25, 0.3) is 11.4 Å². The van der Waals surface area contributed by atoms with E-state index in [1.165, 1.54) is 19.3 Å². The molecule has 0 aliphatic heterocycles. The van der Waals surface area contributed by atoms with Crippen LogP contribution in [0.15, 0.2) is 42.7 Å². The minimum absolute atomic E-state index is 0.0124. The molecule has 4 heteroatoms. The molecule has 4 fully saturated rings. The monoisotopic (exact) mass is 333 g/mol. The lowest BCUT2D eigenvalue weighted by Gasteiger charge is -2.56. The number of hydrogen-bond acceptors (Lipinski definition) is 3. The van der Waals surface area contributed by atoms with E-state index in [1.54, 1.807) is 12.4 Å². The van der Waals surface area contributed by atoms with Gasteiger partial charge in [-0.15, -0.1) is 0 Å². The van der Waals surface area contributed by atoms with Crippen molar-refractivity contribution in [3.63, 3.8) is 0 Å². The molecule has 25 heavy (non-hydrogen) atoms. The number of aromatic nitrogens is 2. The maximum atomic E-state index is 12.8. The predicted octanol–water partition coefficient (Wildman–Crippen LogP) is 3.84. The zero-order chi connectivity index (χ0) is 16.9. The Bertz CT molecular complexity index is 749. The molecule has 4 saturated carbocycles. The summed E-state index contributed by atoms with van der Waals surface area (Å²) in [4.78, 5) is 21.6. The highest BCUT2D eigenvalue weighted by atomic mass is 16.1. The van der Waals surface area contributed by atoms with E-state index >= 15 is 0 Å². The molecule has 0 unspecified atom stereocenters. The highest BCUT2D eigenvalue weighted by molar-refractivity contribution is 5.94. The Morgan fingerprint density at radius 1 is 0.920 bits per heavy atom. The summed E-state index contributed by atoms with van der Waals surface area (Å²) in [6.07, 6.45) is 10.9. The highest BCUT2D eigenvalue weighted by Gasteiger charge is 2.51. The number of hydrogen-bond donors (Lipinski definition) is 1. The van der Waals surface area contributed by atoms with E-state index in [9.17, 15) is 4.79 Å². The fourth-order valence-corrected chi connectivity index (χ4v) is 5.76. The predicted molar refractivity (Wildman–Crippen MR) is 95.8 cm³/mol. The molecule has 1 aromatic heterocycles. The Labute approximate surface area is 148 Å². The van der Waals surface area contributed by atoms with E-state index in [2.05, 4.69) is 15.3 Å². The summed E-state index contributed by atoms with van der Waals surface area (Å²) in [7, 11) is 0. The maximum Gasteiger partial charge on any atom is 0.254 e. The average Bonchev–Trinajstić information content (AvgIpc) is 2.61. The largest absolute Gasteiger partial charge is 0.346 e. The molecule has 2 aromatic rings. The number of rotatable bonds is 3. The number of nitrogens with one attached hydrogen (secondary N) is 1. The average molecular weight is 333 g/mol. The van der Waals surface area contributed by atoms with Crippen LogP contribution in [0.3, 0.4) is 0 Å². The van der Waals surface area contributed by atoms with Crippen molar-refractivity contribution in [2.75, 3.05) is 0 Å². The van der Waals surface area contributed by atoms with Crippen molar-refractivity contribution in [2.45, 2.75) is 44.1 Å². The molecule has 4 aliphatic carbocycles. The van der Waals surface area contributed by atoms with E-state index in [4.69, 9.17) is 0 Å². The maximum absolute atomic E-state index is 12.8. The quantitative estimate of drug-likeness (QED) is 0.928. The minimum Gasteiger partial charge on any atom is -0.346 e. The molecule has 0 spiro atoms. The standard InChI is InChI=1S/C21H23N3O/c25-20(18-12-22-19(23-13-18)17-4-2-1-3-5-17)24-21-9-14-6-15(10-21)8-16(7-14)11-21/h1-5,12-16H,6-11H2,(H,24,25). The van der Waals surface area contributed by atoms with Gasteiger partial charge in [0.05, 0.1) is 5.56 Å². The van der Waals surface area contributed by atoms with Gasteiger partial charge in [-0.2, -0.15) is 0 Å². The van der Waals surface area contributed by atoms with E-state index < -0.39 is 0 Å². The number of carbonyl (C=O) groups excluding carboxylic acids is 1. The molecule has 0 atom stereocenters. The summed E-state index contributed by atoms with van der Waals surface area (Å²) in [5.74, 6) is 3.11. The zero-order valence-corrected chi connectivity index (χ0v) is 14.3. The molecule has 0 radical (unpaired) electrons. The van der Waals surface area contributed by atoms with Crippen molar-refractivity contribution in [1.82, 2.24) is 15.3 Å². The fraction of sp³-hybridized carbons (Fsp3) is 0.476. The van der Waals surface area contributed by atoms with Gasteiger partial charge in [0.2, 0.25) is 0 Å². The molecule has 4 bridgehead atoms. The molecular weight excluding hydrogens is 310 g/mol. The summed E-state index contributed by atoms with van der Waals surface area (Å²) in [5.41, 5.74) is 1.56. The molecule has 4 nitrogen and oxygen atoms in total. The van der Waals surface area contributed by atoms with Gasteiger partial charge in [-0.05, 0) is 56.3 Å². The van der Waals surface area contributed by atoms with E-state index in [-0.39, 0.29) is 11.4 Å². The number of nitrogens with zero attached hydrogens (tertiary/aromatic N) is 2. The second-order valence-electron chi connectivity index (χ2n) is 8.31. The van der Waals surface area contributed by atoms with Gasteiger partial charge in [-0.25, -0.2) is 9.97 Å². The molecule has 1 N–H and O–H groups in total. The van der Waals surface area contributed by atoms with Gasteiger partial charge in [0.25, 0.3) is 5.91 Å². The Balaban J connectivity index is 1.33. The Morgan fingerprint density at radius 3 is 2.04 bits per heavy atom. The van der Waals surface area contributed by atoms with Crippen LogP contribution in [0, 0.1) is 17.8 Å². The first kappa shape index (κ1) is 15.1. The van der Waals surface area contributed by atoms with E-state index in [0.717, 1.165) is 42.6 Å². The van der Waals surface area contributed by atoms with Crippen LogP contribution in [0.1, 0.15) is 48.9 Å². The fourth-order valence-electron chi connectivity index (χ4n) is 5.76. The van der Waals surface area contributed by atoms with E-state index in [0.29, 0.717) is 11.4 Å². The molecule has 1 heterocycles. The molecule has 128 valence electrons. The molecule has 4 aliphatic rings. The summed E-state index contributed by atoms with van der Waals surface area (Å²) in [5, 5.41) is 3.38. The van der Waals surface area contributed by atoms with Crippen LogP contribution in [-0.4, -0.2) is 21.4 Å². The topological polar surface area (TPSA) is 54.9 Å². The summed E-state index contributed by atoms with van der Waals surface area (Å²) in [6.45, 7) is 0. The highest BCUT2D eigenvalue weighted by Crippen LogP contribution is 2.55. The first-order valence-corrected chi connectivity index (χ1v) is 9.39. The Morgan fingerprint density at radius 2 is 1.48 bits per heavy atom. The SMILES string of the molecule is O=C(NC12CC3CC(CC(C3)C1)C2)c1cnc(-c2ccccc2)nc1. The number of amides is 1. The van der Waals surface area contributed by atoms with Gasteiger partial charge in [-0.1, -0.05) is 30.3 Å². The molecule has 1 amide bonds. The third-order valence-corrected chi connectivity index (χ3v) is 6.36. The third kappa shape index (κ3) is 2.74. The van der Waals surface area contributed by atoms with Crippen molar-refractivity contribution in [2.24, 2.45) is 17.8 Å². The molecule has 1 aromatic carbocycles. The van der Waals surface area contributed by atoms with Crippen LogP contribution in [0.5, 0.6) is 0 Å². The second-order valence-corrected chi connectivity index (χ2v) is 8.31. The van der Waals surface area contributed by atoms with Crippen molar-refractivity contribution in [1.29, 1.82) is 0 Å². The van der Waals surface area contributed by atoms with Crippen LogP contribution in [-0.2, 0) is 0 Å². The normalized spacial score (nSPS) is 32.6. The van der Waals surface area contributed by atoms with Crippen LogP contribution in [0.2, 0.25) is 0 Å². The van der Waals surface area contributed by atoms with Crippen molar-refractivity contribution >= 4 is 5.91 Å². The van der Waals surface area contributed by atoms with Crippen molar-refractivity contribution < 1.29 is 4.79 Å². The number of benzene rings is 1. The Kier molecular flexibility index (Phi) is 3.40. The summed E-state index contributed by atoms with van der Waals surface area (Å²) in [6, 6.07) is 9.85. The van der Waals surface area contributed by atoms with Crippen molar-refractivity contribution in [3.05, 3.63) is 48.3 Å². The Hall–Kier alpha value is -2.23. The molecule has 6 rings (SSSR count). The minimum atomic E-state index is -0.0124. The molecular formula is C21H23N3O. The smallest absolute Gasteiger partial charge is 0.254 e. The van der Waals surface area contributed by atoms with Gasteiger partial charge < -0.3 is 5.32 Å². The summed E-state index contributed by atoms with van der Waals surface area (Å²) >= 11 is 0. The zero-order valence-electron chi connectivity index (χ0n) is 14.3. The number of carbonyl (C=O) groups is 1. The van der Waals surface area contributed by atoms with Crippen LogP contribution in [0.4, 0.5) is 0 Å². The van der Waals surface area contributed by atoms with Gasteiger partial charge in [0, 0.05) is 23.5 Å². The second kappa shape index (κ2) is 5.65. The summed E-state index contributed by atoms with van der Waals surface area (Å²) < 4.78 is 0. The van der Waals surface area contributed by atoms with Gasteiger partial charge >= 0.3 is 0 Å². The first-order chi connectivity index (χ1) is 12.2. The van der Waals surface area contributed by atoms with Gasteiger partial charge in [0.1, 0.15) is 0 Å². The van der Waals surface area contributed by atoms with E-state index in [1.807, 2.05) is 30.3 Å². The van der Waals surface area contributed by atoms with Gasteiger partial charge in [0.15, 0.2) is 5.82 Å². The lowest BCUT2D eigenvalue weighted by atomic mass is 9.53. The molecule has 0 saturated heterocycles. The lowest BCUT2D eigenvalue weighted by molar-refractivity contribution is -0.0167. The van der Waals surface area contributed by atoms with Crippen LogP contribution >= 0.6 is 0 Å². The van der Waals surface area contributed by atoms with Crippen molar-refractivity contribution in [3.8, 4) is 11.4 Å². The first-order valence-electron chi connectivity index (χ1n) is 9.39. The van der Waals surface area contributed by atoms with Gasteiger partial charge in [-0.3, -0.25) is 4.79 Å². The lowest BCUT2D eigenvalue weighted by Crippen LogP contribution is -2.59.